The molecule has 1 atom stereocenters. The van der Waals surface area contributed by atoms with Gasteiger partial charge in [-0.2, -0.15) is 0 Å². The van der Waals surface area contributed by atoms with Crippen LogP contribution in [0, 0.1) is 6.92 Å². The Hall–Kier alpha value is -5.40. The summed E-state index contributed by atoms with van der Waals surface area (Å²) in [4.78, 5) is 72.2. The average Bonchev–Trinajstić information content (AvgIpc) is 3.08. The monoisotopic (exact) mass is 680 g/mol. The number of ether oxygens (including phenoxy) is 2. The molecule has 1 N–H and O–H groups in total. The van der Waals surface area contributed by atoms with Gasteiger partial charge in [0, 0.05) is 75.4 Å². The topological polar surface area (TPSA) is 143 Å². The fourth-order valence-corrected chi connectivity index (χ4v) is 6.91. The molecule has 2 aliphatic heterocycles. The van der Waals surface area contributed by atoms with E-state index in [1.54, 1.807) is 51.2 Å². The van der Waals surface area contributed by atoms with Crippen molar-refractivity contribution in [3.05, 3.63) is 87.6 Å². The molecule has 2 fully saturated rings. The van der Waals surface area contributed by atoms with Crippen LogP contribution in [0.2, 0.25) is 0 Å². The lowest BCUT2D eigenvalue weighted by Crippen LogP contribution is -2.57. The largest absolute Gasteiger partial charge is 0.496 e. The van der Waals surface area contributed by atoms with Gasteiger partial charge in [-0.15, -0.1) is 0 Å². The number of hydrogen-bond acceptors (Lipinski definition) is 10. The summed E-state index contributed by atoms with van der Waals surface area (Å²) in [7, 11) is 6.98. The third kappa shape index (κ3) is 6.49. The van der Waals surface area contributed by atoms with Gasteiger partial charge in [-0.25, -0.2) is 0 Å². The Balaban J connectivity index is 1.17. The van der Waals surface area contributed by atoms with Gasteiger partial charge < -0.3 is 14.0 Å². The molecule has 0 radical (unpaired) electrons. The van der Waals surface area contributed by atoms with E-state index >= 15 is 0 Å². The molecule has 2 aromatic heterocycles. The van der Waals surface area contributed by atoms with E-state index in [0.29, 0.717) is 47.5 Å². The highest BCUT2D eigenvalue weighted by Gasteiger charge is 2.37. The summed E-state index contributed by atoms with van der Waals surface area (Å²) in [5.74, 6) is -0.281. The van der Waals surface area contributed by atoms with E-state index in [0.717, 1.165) is 45.6 Å². The number of likely N-dealkylation sites (N-methyl/N-ethyl adjacent to an activating group) is 1. The summed E-state index contributed by atoms with van der Waals surface area (Å²) in [6.07, 6.45) is 5.59. The van der Waals surface area contributed by atoms with E-state index in [9.17, 15) is 24.0 Å². The molecule has 4 amide bonds. The van der Waals surface area contributed by atoms with Gasteiger partial charge in [0.2, 0.25) is 18.2 Å². The molecule has 0 aliphatic carbocycles. The molecule has 1 unspecified atom stereocenters. The van der Waals surface area contributed by atoms with Crippen LogP contribution in [0.15, 0.2) is 59.8 Å². The standard InChI is InChI=1S/C37H40N6O7/c1-22-7-6-8-23(34(22)37(48)43(21-44)30-9-10-33(45)39-35(30)46)16-40(2)25-17-42(18-25)20-29-31(49-4)13-24(14-32(29)50-5)28-19-41(3)36(47)27-15-38-12-11-26(27)28/h6-8,11-15,19,21,25,30H,9-10,16-18,20H2,1-5H3,(H,39,45,46). The van der Waals surface area contributed by atoms with Crippen molar-refractivity contribution in [1.82, 2.24) is 29.6 Å². The van der Waals surface area contributed by atoms with Gasteiger partial charge in [0.25, 0.3) is 11.5 Å². The second kappa shape index (κ2) is 14.2. The Labute approximate surface area is 289 Å². The molecule has 2 aromatic carbocycles. The summed E-state index contributed by atoms with van der Waals surface area (Å²) in [6, 6.07) is 10.5. The van der Waals surface area contributed by atoms with Crippen molar-refractivity contribution < 1.29 is 28.7 Å². The number of aryl methyl sites for hydroxylation is 2. The van der Waals surface area contributed by atoms with Crippen molar-refractivity contribution >= 4 is 34.9 Å². The maximum atomic E-state index is 13.7. The zero-order chi connectivity index (χ0) is 35.7. The third-order valence-electron chi connectivity index (χ3n) is 9.73. The third-order valence-corrected chi connectivity index (χ3v) is 9.73. The minimum Gasteiger partial charge on any atom is -0.496 e. The predicted molar refractivity (Wildman–Crippen MR) is 186 cm³/mol. The summed E-state index contributed by atoms with van der Waals surface area (Å²) in [5.41, 5.74) is 4.32. The number of likely N-dealkylation sites (tertiary alicyclic amines) is 1. The molecular formula is C37H40N6O7. The van der Waals surface area contributed by atoms with Gasteiger partial charge in [-0.05, 0) is 60.7 Å². The lowest BCUT2D eigenvalue weighted by Gasteiger charge is -2.44. The Morgan fingerprint density at radius 1 is 1.08 bits per heavy atom. The van der Waals surface area contributed by atoms with Crippen LogP contribution < -0.4 is 20.3 Å². The number of piperidine rings is 1. The normalized spacial score (nSPS) is 16.6. The zero-order valence-electron chi connectivity index (χ0n) is 28.8. The summed E-state index contributed by atoms with van der Waals surface area (Å²) in [6.45, 7) is 4.36. The smallest absolute Gasteiger partial charge is 0.261 e. The van der Waals surface area contributed by atoms with Crippen molar-refractivity contribution in [3.63, 3.8) is 0 Å². The van der Waals surface area contributed by atoms with Gasteiger partial charge in [0.05, 0.1) is 25.2 Å². The van der Waals surface area contributed by atoms with Gasteiger partial charge in [-0.3, -0.25) is 49.0 Å². The van der Waals surface area contributed by atoms with Crippen LogP contribution in [0.3, 0.4) is 0 Å². The Morgan fingerprint density at radius 2 is 1.80 bits per heavy atom. The minimum absolute atomic E-state index is 0.0573. The van der Waals surface area contributed by atoms with Crippen LogP contribution in [-0.2, 0) is 34.5 Å². The molecule has 2 aliphatic rings. The van der Waals surface area contributed by atoms with Crippen molar-refractivity contribution in [2.45, 2.75) is 44.9 Å². The van der Waals surface area contributed by atoms with E-state index in [4.69, 9.17) is 9.47 Å². The lowest BCUT2D eigenvalue weighted by molar-refractivity contribution is -0.139. The van der Waals surface area contributed by atoms with Crippen LogP contribution in [0.25, 0.3) is 21.9 Å². The van der Waals surface area contributed by atoms with Crippen molar-refractivity contribution in [1.29, 1.82) is 0 Å². The van der Waals surface area contributed by atoms with Gasteiger partial charge in [0.15, 0.2) is 0 Å². The number of benzene rings is 2. The molecule has 2 saturated heterocycles. The molecular weight excluding hydrogens is 640 g/mol. The molecule has 4 heterocycles. The molecule has 260 valence electrons. The molecule has 4 aromatic rings. The van der Waals surface area contributed by atoms with Crippen LogP contribution in [0.4, 0.5) is 0 Å². The number of hydrogen-bond donors (Lipinski definition) is 1. The number of amides is 4. The van der Waals surface area contributed by atoms with Gasteiger partial charge in [-0.1, -0.05) is 18.2 Å². The Kier molecular flexibility index (Phi) is 9.80. The molecule has 50 heavy (non-hydrogen) atoms. The molecule has 13 nitrogen and oxygen atoms in total. The predicted octanol–water partition coefficient (Wildman–Crippen LogP) is 2.65. The Bertz CT molecular complexity index is 2030. The van der Waals surface area contributed by atoms with Gasteiger partial charge in [0.1, 0.15) is 17.5 Å². The Morgan fingerprint density at radius 3 is 2.46 bits per heavy atom. The second-order valence-electron chi connectivity index (χ2n) is 12.9. The number of imide groups is 2. The summed E-state index contributed by atoms with van der Waals surface area (Å²) >= 11 is 0. The highest BCUT2D eigenvalue weighted by Crippen LogP contribution is 2.38. The van der Waals surface area contributed by atoms with Gasteiger partial charge >= 0.3 is 0 Å². The first-order valence-electron chi connectivity index (χ1n) is 16.4. The van der Waals surface area contributed by atoms with Crippen LogP contribution >= 0.6 is 0 Å². The highest BCUT2D eigenvalue weighted by atomic mass is 16.5. The number of pyridine rings is 2. The molecule has 0 bridgehead atoms. The SMILES string of the molecule is COc1cc(-c2cn(C)c(=O)c3cnccc23)cc(OC)c1CN1CC(N(C)Cc2cccc(C)c2C(=O)N(C=O)C2CCC(=O)NC2=O)C1. The minimum atomic E-state index is -1.04. The number of carbonyl (C=O) groups is 4. The van der Waals surface area contributed by atoms with E-state index in [2.05, 4.69) is 20.1 Å². The first kappa shape index (κ1) is 34.5. The number of nitrogens with zero attached hydrogens (tertiary/aromatic N) is 5. The van der Waals surface area contributed by atoms with E-state index in [1.807, 2.05) is 43.6 Å². The number of aromatic nitrogens is 2. The molecule has 6 rings (SSSR count). The van der Waals surface area contributed by atoms with E-state index < -0.39 is 23.8 Å². The highest BCUT2D eigenvalue weighted by molar-refractivity contribution is 6.08. The van der Waals surface area contributed by atoms with Crippen molar-refractivity contribution in [2.24, 2.45) is 7.05 Å². The number of methoxy groups -OCH3 is 2. The molecule has 0 saturated carbocycles. The van der Waals surface area contributed by atoms with Crippen molar-refractivity contribution in [3.8, 4) is 22.6 Å². The first-order chi connectivity index (χ1) is 24.0. The van der Waals surface area contributed by atoms with E-state index in [1.165, 1.54) is 0 Å². The van der Waals surface area contributed by atoms with Crippen LogP contribution in [-0.4, -0.2) is 94.8 Å². The molecule has 0 spiro atoms. The van der Waals surface area contributed by atoms with Crippen molar-refractivity contribution in [2.75, 3.05) is 34.4 Å². The zero-order valence-corrected chi connectivity index (χ0v) is 28.8. The molecule has 13 heteroatoms. The number of fused-ring (bicyclic) bond motifs is 1. The lowest BCUT2D eigenvalue weighted by atomic mass is 9.96. The fraction of sp³-hybridized carbons (Fsp3) is 0.351. The summed E-state index contributed by atoms with van der Waals surface area (Å²) < 4.78 is 13.3. The fourth-order valence-electron chi connectivity index (χ4n) is 6.91. The second-order valence-corrected chi connectivity index (χ2v) is 12.9. The van der Waals surface area contributed by atoms with E-state index in [-0.39, 0.29) is 24.4 Å². The number of rotatable bonds is 11. The quantitative estimate of drug-likeness (QED) is 0.186. The number of carbonyl (C=O) groups excluding carboxylic acids is 4. The first-order valence-corrected chi connectivity index (χ1v) is 16.4. The number of nitrogens with one attached hydrogen (secondary N) is 1. The van der Waals surface area contributed by atoms with Crippen LogP contribution in [0.1, 0.15) is 39.9 Å². The van der Waals surface area contributed by atoms with Crippen LogP contribution in [0.5, 0.6) is 11.5 Å². The maximum absolute atomic E-state index is 13.7. The maximum Gasteiger partial charge on any atom is 0.261 e. The average molecular weight is 681 g/mol. The summed E-state index contributed by atoms with van der Waals surface area (Å²) in [5, 5.41) is 3.55.